The first kappa shape index (κ1) is 22.6. The lowest BCUT2D eigenvalue weighted by Crippen LogP contribution is -2.43. The Hall–Kier alpha value is -1.68. The molecule has 28 heavy (non-hydrogen) atoms. The average Bonchev–Trinajstić information content (AvgIpc) is 2.85. The lowest BCUT2D eigenvalue weighted by Gasteiger charge is -2.27. The van der Waals surface area contributed by atoms with Crippen LogP contribution < -0.4 is 11.0 Å². The van der Waals surface area contributed by atoms with Crippen LogP contribution in [0.4, 0.5) is 5.82 Å². The number of carbonyl (C=O) groups is 2. The van der Waals surface area contributed by atoms with Gasteiger partial charge in [0.05, 0.1) is 12.5 Å². The zero-order valence-corrected chi connectivity index (χ0v) is 17.4. The highest BCUT2D eigenvalue weighted by molar-refractivity contribution is 6.49. The van der Waals surface area contributed by atoms with Crippen LogP contribution in [0, 0.1) is 11.8 Å². The summed E-state index contributed by atoms with van der Waals surface area (Å²) in [4.78, 5) is 39.9. The fourth-order valence-corrected chi connectivity index (χ4v) is 3.14. The first-order chi connectivity index (χ1) is 13.0. The van der Waals surface area contributed by atoms with E-state index in [1.54, 1.807) is 27.7 Å². The van der Waals surface area contributed by atoms with Gasteiger partial charge in [-0.2, -0.15) is 4.98 Å². The van der Waals surface area contributed by atoms with Crippen LogP contribution in [0.15, 0.2) is 17.1 Å². The maximum absolute atomic E-state index is 12.4. The topological polar surface area (TPSA) is 120 Å². The van der Waals surface area contributed by atoms with E-state index < -0.39 is 47.0 Å². The Balaban J connectivity index is 2.30. The second-order valence-corrected chi connectivity index (χ2v) is 8.49. The fourth-order valence-electron chi connectivity index (χ4n) is 2.45. The fraction of sp³-hybridized carbons (Fsp3) is 0.647. The number of carbonyl (C=O) groups excluding carboxylic acids is 2. The number of aliphatic hydroxyl groups excluding tert-OH is 1. The molecule has 1 aliphatic rings. The number of nitrogens with zero attached hydrogens (tertiary/aromatic N) is 2. The van der Waals surface area contributed by atoms with Crippen molar-refractivity contribution in [3.8, 4) is 0 Å². The molecule has 1 amide bonds. The van der Waals surface area contributed by atoms with E-state index in [0.29, 0.717) is 0 Å². The number of hydrogen-bond donors (Lipinski definition) is 2. The molecule has 0 aliphatic carbocycles. The summed E-state index contributed by atoms with van der Waals surface area (Å²) in [5, 5.41) is 12.1. The van der Waals surface area contributed by atoms with Gasteiger partial charge in [0.25, 0.3) is 0 Å². The van der Waals surface area contributed by atoms with E-state index in [-0.39, 0.29) is 17.6 Å². The molecule has 3 atom stereocenters. The highest BCUT2D eigenvalue weighted by atomic mass is 35.5. The molecule has 2 rings (SSSR count). The zero-order valence-electron chi connectivity index (χ0n) is 15.9. The van der Waals surface area contributed by atoms with Crippen molar-refractivity contribution in [3.05, 3.63) is 22.7 Å². The minimum atomic E-state index is -1.86. The molecule has 1 fully saturated rings. The summed E-state index contributed by atoms with van der Waals surface area (Å²) >= 11 is 12.8. The summed E-state index contributed by atoms with van der Waals surface area (Å²) < 4.78 is 10.1. The second kappa shape index (κ2) is 8.77. The molecule has 11 heteroatoms. The molecule has 9 nitrogen and oxygen atoms in total. The minimum absolute atomic E-state index is 0.0641. The van der Waals surface area contributed by atoms with Crippen molar-refractivity contribution in [2.45, 2.75) is 50.5 Å². The number of esters is 1. The van der Waals surface area contributed by atoms with Crippen molar-refractivity contribution >= 4 is 40.9 Å². The Labute approximate surface area is 171 Å². The molecule has 2 heterocycles. The minimum Gasteiger partial charge on any atom is -0.456 e. The highest BCUT2D eigenvalue weighted by Gasteiger charge is 2.58. The van der Waals surface area contributed by atoms with Gasteiger partial charge in [-0.3, -0.25) is 14.2 Å². The van der Waals surface area contributed by atoms with Crippen LogP contribution in [-0.2, 0) is 19.1 Å². The molecule has 156 valence electrons. The lowest BCUT2D eigenvalue weighted by molar-refractivity contribution is -0.157. The quantitative estimate of drug-likeness (QED) is 0.512. The molecule has 0 bridgehead atoms. The van der Waals surface area contributed by atoms with Gasteiger partial charge >= 0.3 is 11.7 Å². The van der Waals surface area contributed by atoms with Crippen LogP contribution in [-0.4, -0.2) is 49.7 Å². The van der Waals surface area contributed by atoms with Gasteiger partial charge in [-0.05, 0) is 6.07 Å². The molecule has 1 aromatic rings. The van der Waals surface area contributed by atoms with Crippen LogP contribution in [0.25, 0.3) is 0 Å². The number of aromatic nitrogens is 2. The van der Waals surface area contributed by atoms with Crippen LogP contribution in [0.3, 0.4) is 0 Å². The van der Waals surface area contributed by atoms with Gasteiger partial charge in [-0.15, -0.1) is 0 Å². The molecule has 1 saturated heterocycles. The maximum atomic E-state index is 12.4. The van der Waals surface area contributed by atoms with Crippen molar-refractivity contribution < 1.29 is 24.2 Å². The Morgan fingerprint density at radius 2 is 2.00 bits per heavy atom. The van der Waals surface area contributed by atoms with Gasteiger partial charge in [-0.25, -0.2) is 4.79 Å². The number of aliphatic hydroxyl groups is 1. The van der Waals surface area contributed by atoms with Crippen LogP contribution in [0.5, 0.6) is 0 Å². The van der Waals surface area contributed by atoms with Gasteiger partial charge in [0.15, 0.2) is 12.3 Å². The molecule has 0 radical (unpaired) electrons. The predicted octanol–water partition coefficient (Wildman–Crippen LogP) is 1.47. The summed E-state index contributed by atoms with van der Waals surface area (Å²) in [6, 6.07) is 1.39. The average molecular weight is 436 g/mol. The number of amides is 1. The number of nitrogens with one attached hydrogen (secondary N) is 1. The largest absolute Gasteiger partial charge is 0.456 e. The SMILES string of the molecule is CC(C)C(=O)Nc1ccn(C2OC(CO)C(OC(=O)C(C)C)C2(Cl)Cl)c(=O)n1. The second-order valence-electron chi connectivity index (χ2n) is 7.04. The number of hydrogen-bond acceptors (Lipinski definition) is 7. The normalized spacial score (nSPS) is 23.8. The van der Waals surface area contributed by atoms with E-state index in [4.69, 9.17) is 32.7 Å². The van der Waals surface area contributed by atoms with Gasteiger partial charge < -0.3 is 19.9 Å². The maximum Gasteiger partial charge on any atom is 0.351 e. The molecular formula is C17H23Cl2N3O6. The number of anilines is 1. The van der Waals surface area contributed by atoms with Crippen LogP contribution in [0.2, 0.25) is 0 Å². The third-order valence-corrected chi connectivity index (χ3v) is 4.91. The summed E-state index contributed by atoms with van der Waals surface area (Å²) in [6.45, 7) is 6.13. The van der Waals surface area contributed by atoms with Gasteiger partial charge in [0.1, 0.15) is 11.9 Å². The zero-order chi connectivity index (χ0) is 21.2. The van der Waals surface area contributed by atoms with Crippen molar-refractivity contribution in [3.63, 3.8) is 0 Å². The summed E-state index contributed by atoms with van der Waals surface area (Å²) in [6.07, 6.45) is -2.20. The third-order valence-electron chi connectivity index (χ3n) is 4.10. The molecular weight excluding hydrogens is 413 g/mol. The van der Waals surface area contributed by atoms with Crippen molar-refractivity contribution in [2.75, 3.05) is 11.9 Å². The number of ether oxygens (including phenoxy) is 2. The Morgan fingerprint density at radius 1 is 1.36 bits per heavy atom. The standard InChI is InChI=1S/C17H23Cl2N3O6/c1-8(2)13(24)20-11-5-6-22(16(26)21-11)15-17(18,19)12(10(7-23)27-15)28-14(25)9(3)4/h5-6,8-10,12,15,23H,7H2,1-4H3,(H,20,21,24,26). The summed E-state index contributed by atoms with van der Waals surface area (Å²) in [5.41, 5.74) is -0.787. The van der Waals surface area contributed by atoms with E-state index in [9.17, 15) is 19.5 Å². The molecule has 1 aliphatic heterocycles. The number of alkyl halides is 2. The first-order valence-corrected chi connectivity index (χ1v) is 9.49. The molecule has 0 saturated carbocycles. The summed E-state index contributed by atoms with van der Waals surface area (Å²) in [5.74, 6) is -1.55. The number of rotatable bonds is 6. The third kappa shape index (κ3) is 4.65. The smallest absolute Gasteiger partial charge is 0.351 e. The van der Waals surface area contributed by atoms with E-state index in [0.717, 1.165) is 4.57 Å². The predicted molar refractivity (Wildman–Crippen MR) is 102 cm³/mol. The van der Waals surface area contributed by atoms with E-state index >= 15 is 0 Å². The first-order valence-electron chi connectivity index (χ1n) is 8.73. The number of halogens is 2. The lowest BCUT2D eigenvalue weighted by atomic mass is 10.1. The Kier molecular flexibility index (Phi) is 7.08. The van der Waals surface area contributed by atoms with Gasteiger partial charge in [0, 0.05) is 12.1 Å². The molecule has 0 spiro atoms. The highest BCUT2D eigenvalue weighted by Crippen LogP contribution is 2.47. The molecule has 2 N–H and O–H groups in total. The molecule has 1 aromatic heterocycles. The Bertz CT molecular complexity index is 795. The van der Waals surface area contributed by atoms with Crippen molar-refractivity contribution in [1.82, 2.24) is 9.55 Å². The van der Waals surface area contributed by atoms with Crippen molar-refractivity contribution in [2.24, 2.45) is 11.8 Å². The van der Waals surface area contributed by atoms with Gasteiger partial charge in [0.2, 0.25) is 10.2 Å². The van der Waals surface area contributed by atoms with Gasteiger partial charge in [-0.1, -0.05) is 50.9 Å². The molecule has 0 aromatic carbocycles. The van der Waals surface area contributed by atoms with E-state index in [2.05, 4.69) is 10.3 Å². The monoisotopic (exact) mass is 435 g/mol. The van der Waals surface area contributed by atoms with Crippen LogP contribution in [0.1, 0.15) is 33.9 Å². The summed E-state index contributed by atoms with van der Waals surface area (Å²) in [7, 11) is 0. The van der Waals surface area contributed by atoms with E-state index in [1.807, 2.05) is 0 Å². The van der Waals surface area contributed by atoms with Crippen molar-refractivity contribution in [1.29, 1.82) is 0 Å². The molecule has 3 unspecified atom stereocenters. The van der Waals surface area contributed by atoms with Crippen LogP contribution >= 0.6 is 23.2 Å². The van der Waals surface area contributed by atoms with E-state index in [1.165, 1.54) is 12.3 Å². The Morgan fingerprint density at radius 3 is 2.50 bits per heavy atom.